The first-order valence-corrected chi connectivity index (χ1v) is 12.3. The van der Waals surface area contributed by atoms with Crippen LogP contribution in [0.4, 0.5) is 0 Å². The summed E-state index contributed by atoms with van der Waals surface area (Å²) in [5.41, 5.74) is 8.19. The van der Waals surface area contributed by atoms with E-state index in [9.17, 15) is 9.59 Å². The van der Waals surface area contributed by atoms with Gasteiger partial charge >= 0.3 is 0 Å². The monoisotopic (exact) mass is 485 g/mol. The van der Waals surface area contributed by atoms with E-state index < -0.39 is 6.04 Å². The first-order valence-electron chi connectivity index (χ1n) is 12.3. The standard InChI is InChI=1S/C28H39N3O2.ClH/c1-19(2)23-15-14-20(3)16-24(23)27(32)30-18-26(22-12-8-5-9-13-22)31-28(33)25(29)17-21-10-6-4-7-11-21;/h4-13,19-20,23-26H,14-18,29H2,1-3H3,(H,30,32)(H,31,33);1H/t20-,23+,24-,25+,26+;/m1./s1. The topological polar surface area (TPSA) is 84.2 Å². The number of amides is 2. The zero-order valence-electron chi connectivity index (χ0n) is 20.6. The second kappa shape index (κ2) is 13.5. The van der Waals surface area contributed by atoms with E-state index in [0.717, 1.165) is 24.0 Å². The van der Waals surface area contributed by atoms with Crippen molar-refractivity contribution in [3.8, 4) is 0 Å². The minimum atomic E-state index is -0.654. The second-order valence-corrected chi connectivity index (χ2v) is 9.95. The van der Waals surface area contributed by atoms with Crippen molar-refractivity contribution in [2.24, 2.45) is 29.4 Å². The minimum Gasteiger partial charge on any atom is -0.353 e. The van der Waals surface area contributed by atoms with Gasteiger partial charge in [0, 0.05) is 12.5 Å². The quantitative estimate of drug-likeness (QED) is 0.483. The number of nitrogens with two attached hydrogens (primary N) is 1. The number of hydrogen-bond acceptors (Lipinski definition) is 3. The highest BCUT2D eigenvalue weighted by Gasteiger charge is 2.35. The van der Waals surface area contributed by atoms with E-state index in [4.69, 9.17) is 5.73 Å². The number of carbonyl (C=O) groups is 2. The summed E-state index contributed by atoms with van der Waals surface area (Å²) in [6, 6.07) is 18.6. The number of hydrogen-bond donors (Lipinski definition) is 3. The van der Waals surface area contributed by atoms with E-state index in [2.05, 4.69) is 31.4 Å². The Kier molecular flexibility index (Phi) is 11.1. The van der Waals surface area contributed by atoms with E-state index in [1.807, 2.05) is 60.7 Å². The van der Waals surface area contributed by atoms with E-state index in [0.29, 0.717) is 30.7 Å². The lowest BCUT2D eigenvalue weighted by molar-refractivity contribution is -0.130. The maximum absolute atomic E-state index is 13.2. The smallest absolute Gasteiger partial charge is 0.237 e. The van der Waals surface area contributed by atoms with Crippen molar-refractivity contribution in [1.29, 1.82) is 0 Å². The van der Waals surface area contributed by atoms with Crippen LogP contribution in [0.5, 0.6) is 0 Å². The molecule has 0 unspecified atom stereocenters. The number of carbonyl (C=O) groups excluding carboxylic acids is 2. The molecule has 34 heavy (non-hydrogen) atoms. The predicted octanol–water partition coefficient (Wildman–Crippen LogP) is 4.66. The molecule has 2 aromatic carbocycles. The molecule has 186 valence electrons. The van der Waals surface area contributed by atoms with Crippen molar-refractivity contribution in [1.82, 2.24) is 10.6 Å². The Hall–Kier alpha value is -2.37. The fraction of sp³-hybridized carbons (Fsp3) is 0.500. The third kappa shape index (κ3) is 7.85. The third-order valence-corrected chi connectivity index (χ3v) is 6.99. The largest absolute Gasteiger partial charge is 0.353 e. The molecule has 1 aliphatic rings. The molecule has 0 bridgehead atoms. The minimum absolute atomic E-state index is 0. The van der Waals surface area contributed by atoms with Crippen molar-refractivity contribution in [3.05, 3.63) is 71.8 Å². The lowest BCUT2D eigenvalue weighted by Crippen LogP contribution is -2.47. The van der Waals surface area contributed by atoms with Crippen LogP contribution in [-0.4, -0.2) is 24.4 Å². The molecule has 3 rings (SSSR count). The van der Waals surface area contributed by atoms with Gasteiger partial charge in [0.15, 0.2) is 0 Å². The Labute approximate surface area is 210 Å². The first kappa shape index (κ1) is 27.9. The van der Waals surface area contributed by atoms with Crippen molar-refractivity contribution >= 4 is 24.2 Å². The third-order valence-electron chi connectivity index (χ3n) is 6.99. The summed E-state index contributed by atoms with van der Waals surface area (Å²) < 4.78 is 0. The molecule has 2 aromatic rings. The molecule has 5 nitrogen and oxygen atoms in total. The Morgan fingerprint density at radius 1 is 1.00 bits per heavy atom. The average Bonchev–Trinajstić information content (AvgIpc) is 2.82. The highest BCUT2D eigenvalue weighted by Crippen LogP contribution is 2.38. The van der Waals surface area contributed by atoms with Gasteiger partial charge in [0.1, 0.15) is 0 Å². The van der Waals surface area contributed by atoms with E-state index in [-0.39, 0.29) is 36.2 Å². The van der Waals surface area contributed by atoms with Gasteiger partial charge in [-0.05, 0) is 48.1 Å². The summed E-state index contributed by atoms with van der Waals surface area (Å²) in [4.78, 5) is 26.1. The van der Waals surface area contributed by atoms with Gasteiger partial charge in [0.25, 0.3) is 0 Å². The summed E-state index contributed by atoms with van der Waals surface area (Å²) >= 11 is 0. The molecule has 2 amide bonds. The fourth-order valence-corrected chi connectivity index (χ4v) is 5.01. The molecule has 1 fully saturated rings. The van der Waals surface area contributed by atoms with E-state index in [1.165, 1.54) is 6.42 Å². The van der Waals surface area contributed by atoms with Gasteiger partial charge < -0.3 is 16.4 Å². The molecule has 0 radical (unpaired) electrons. The summed E-state index contributed by atoms with van der Waals surface area (Å²) in [6.07, 6.45) is 3.69. The molecular weight excluding hydrogens is 446 g/mol. The van der Waals surface area contributed by atoms with Crippen LogP contribution >= 0.6 is 12.4 Å². The predicted molar refractivity (Wildman–Crippen MR) is 141 cm³/mol. The van der Waals surface area contributed by atoms with Crippen molar-refractivity contribution < 1.29 is 9.59 Å². The average molecular weight is 486 g/mol. The van der Waals surface area contributed by atoms with Crippen molar-refractivity contribution in [2.45, 2.75) is 58.5 Å². The van der Waals surface area contributed by atoms with Crippen LogP contribution in [0.15, 0.2) is 60.7 Å². The van der Waals surface area contributed by atoms with Crippen LogP contribution < -0.4 is 16.4 Å². The Morgan fingerprint density at radius 3 is 2.24 bits per heavy atom. The first-order chi connectivity index (χ1) is 15.8. The molecule has 0 aliphatic heterocycles. The SMILES string of the molecule is CC(C)[C@@H]1CC[C@@H](C)C[C@H]1C(=O)NC[C@H](NC(=O)[C@@H](N)Cc1ccccc1)c1ccccc1.Cl. The zero-order chi connectivity index (χ0) is 23.8. The van der Waals surface area contributed by atoms with Crippen molar-refractivity contribution in [2.75, 3.05) is 6.54 Å². The van der Waals surface area contributed by atoms with Crippen molar-refractivity contribution in [3.63, 3.8) is 0 Å². The van der Waals surface area contributed by atoms with Crippen LogP contribution in [0.1, 0.15) is 57.2 Å². The molecule has 6 heteroatoms. The highest BCUT2D eigenvalue weighted by atomic mass is 35.5. The lowest BCUT2D eigenvalue weighted by Gasteiger charge is -2.36. The Balaban J connectivity index is 0.00000408. The van der Waals surface area contributed by atoms with Gasteiger partial charge in [0.05, 0.1) is 12.1 Å². The number of halogens is 1. The molecule has 0 saturated heterocycles. The molecule has 0 heterocycles. The molecule has 1 aliphatic carbocycles. The van der Waals surface area contributed by atoms with Gasteiger partial charge in [-0.25, -0.2) is 0 Å². The lowest BCUT2D eigenvalue weighted by atomic mass is 9.70. The molecule has 0 aromatic heterocycles. The van der Waals surface area contributed by atoms with E-state index >= 15 is 0 Å². The normalized spacial score (nSPS) is 21.7. The fourth-order valence-electron chi connectivity index (χ4n) is 5.01. The van der Waals surface area contributed by atoms with Crippen LogP contribution in [0.25, 0.3) is 0 Å². The van der Waals surface area contributed by atoms with E-state index in [1.54, 1.807) is 0 Å². The van der Waals surface area contributed by atoms with Crippen LogP contribution in [0.2, 0.25) is 0 Å². The molecule has 4 N–H and O–H groups in total. The second-order valence-electron chi connectivity index (χ2n) is 9.95. The van der Waals surface area contributed by atoms with Gasteiger partial charge in [0.2, 0.25) is 11.8 Å². The Morgan fingerprint density at radius 2 is 1.62 bits per heavy atom. The maximum Gasteiger partial charge on any atom is 0.237 e. The zero-order valence-corrected chi connectivity index (χ0v) is 21.4. The molecule has 0 spiro atoms. The molecule has 1 saturated carbocycles. The number of benzene rings is 2. The summed E-state index contributed by atoms with van der Waals surface area (Å²) in [6.45, 7) is 7.00. The van der Waals surface area contributed by atoms with Gasteiger partial charge in [-0.2, -0.15) is 0 Å². The summed E-state index contributed by atoms with van der Waals surface area (Å²) in [5, 5.41) is 6.23. The Bertz CT molecular complexity index is 891. The summed E-state index contributed by atoms with van der Waals surface area (Å²) in [7, 11) is 0. The van der Waals surface area contributed by atoms with Crippen LogP contribution in [-0.2, 0) is 16.0 Å². The van der Waals surface area contributed by atoms with Crippen LogP contribution in [0.3, 0.4) is 0 Å². The summed E-state index contributed by atoms with van der Waals surface area (Å²) in [5.74, 6) is 1.37. The van der Waals surface area contributed by atoms with Gasteiger partial charge in [-0.3, -0.25) is 9.59 Å². The van der Waals surface area contributed by atoms with Crippen LogP contribution in [0, 0.1) is 23.7 Å². The number of rotatable bonds is 9. The molecular formula is C28H40ClN3O2. The van der Waals surface area contributed by atoms with Gasteiger partial charge in [-0.15, -0.1) is 12.4 Å². The van der Waals surface area contributed by atoms with Gasteiger partial charge in [-0.1, -0.05) is 87.9 Å². The maximum atomic E-state index is 13.2. The highest BCUT2D eigenvalue weighted by molar-refractivity contribution is 5.85. The number of nitrogens with one attached hydrogen (secondary N) is 2. The molecule has 5 atom stereocenters.